The summed E-state index contributed by atoms with van der Waals surface area (Å²) in [5.74, 6) is -0.504. The fourth-order valence-electron chi connectivity index (χ4n) is 1.56. The van der Waals surface area contributed by atoms with Gasteiger partial charge in [-0.05, 0) is 43.3 Å². The molecule has 0 aliphatic heterocycles. The number of hydrogen-bond acceptors (Lipinski definition) is 3. The van der Waals surface area contributed by atoms with Gasteiger partial charge in [0, 0.05) is 11.3 Å². The minimum absolute atomic E-state index is 0.0394. The average molecular weight is 309 g/mol. The average Bonchev–Trinajstić information content (AvgIpc) is 2.42. The summed E-state index contributed by atoms with van der Waals surface area (Å²) in [6.07, 6.45) is 0. The van der Waals surface area contributed by atoms with Crippen LogP contribution >= 0.6 is 23.2 Å². The number of carbonyl (C=O) groups excluding carboxylic acids is 2. The van der Waals surface area contributed by atoms with Crippen LogP contribution in [0.3, 0.4) is 0 Å². The van der Waals surface area contributed by atoms with Gasteiger partial charge in [0.2, 0.25) is 0 Å². The topological polar surface area (TPSA) is 59.1 Å². The van der Waals surface area contributed by atoms with Crippen LogP contribution in [0.2, 0.25) is 10.2 Å². The highest BCUT2D eigenvalue weighted by molar-refractivity contribution is 6.35. The highest BCUT2D eigenvalue weighted by Gasteiger charge is 2.13. The van der Waals surface area contributed by atoms with E-state index < -0.39 is 5.91 Å². The Morgan fingerprint density at radius 1 is 1.05 bits per heavy atom. The lowest BCUT2D eigenvalue weighted by molar-refractivity contribution is 0.101. The number of anilines is 1. The molecule has 2 aromatic rings. The third-order valence-electron chi connectivity index (χ3n) is 2.58. The monoisotopic (exact) mass is 308 g/mol. The van der Waals surface area contributed by atoms with Gasteiger partial charge < -0.3 is 5.32 Å². The smallest absolute Gasteiger partial charge is 0.275 e. The molecule has 1 heterocycles. The Hall–Kier alpha value is -1.91. The maximum absolute atomic E-state index is 12.0. The second-order valence-electron chi connectivity index (χ2n) is 4.05. The number of nitrogens with zero attached hydrogens (tertiary/aromatic N) is 1. The largest absolute Gasteiger partial charge is 0.321 e. The number of Topliss-reactive ketones (excluding diaryl/α,β-unsaturated/α-hetero) is 1. The van der Waals surface area contributed by atoms with Gasteiger partial charge in [-0.2, -0.15) is 0 Å². The molecule has 0 saturated carbocycles. The maximum Gasteiger partial charge on any atom is 0.275 e. The zero-order valence-corrected chi connectivity index (χ0v) is 12.0. The summed E-state index contributed by atoms with van der Waals surface area (Å²) in [6, 6.07) is 9.53. The van der Waals surface area contributed by atoms with E-state index in [2.05, 4.69) is 10.3 Å². The van der Waals surface area contributed by atoms with Crippen molar-refractivity contribution in [2.24, 2.45) is 0 Å². The zero-order chi connectivity index (χ0) is 14.7. The first kappa shape index (κ1) is 14.5. The quantitative estimate of drug-likeness (QED) is 0.692. The normalized spacial score (nSPS) is 10.2. The zero-order valence-electron chi connectivity index (χ0n) is 10.5. The first-order valence-electron chi connectivity index (χ1n) is 5.72. The molecule has 4 nitrogen and oxygen atoms in total. The van der Waals surface area contributed by atoms with Crippen molar-refractivity contribution >= 4 is 40.6 Å². The first-order valence-corrected chi connectivity index (χ1v) is 6.47. The van der Waals surface area contributed by atoms with Crippen LogP contribution in [0.15, 0.2) is 36.4 Å². The SMILES string of the molecule is CC(=O)c1ccc(NC(=O)c2nc(Cl)ccc2Cl)cc1. The molecule has 0 aliphatic rings. The van der Waals surface area contributed by atoms with Gasteiger partial charge in [-0.3, -0.25) is 9.59 Å². The van der Waals surface area contributed by atoms with Crippen LogP contribution in [0.1, 0.15) is 27.8 Å². The molecule has 0 unspecified atom stereocenters. The van der Waals surface area contributed by atoms with Crippen molar-refractivity contribution in [2.45, 2.75) is 6.92 Å². The van der Waals surface area contributed by atoms with Crippen LogP contribution < -0.4 is 5.32 Å². The minimum Gasteiger partial charge on any atom is -0.321 e. The number of nitrogens with one attached hydrogen (secondary N) is 1. The molecule has 1 aromatic carbocycles. The van der Waals surface area contributed by atoms with Crippen LogP contribution in [-0.4, -0.2) is 16.7 Å². The van der Waals surface area contributed by atoms with E-state index in [-0.39, 0.29) is 21.7 Å². The molecule has 0 fully saturated rings. The van der Waals surface area contributed by atoms with Gasteiger partial charge in [-0.15, -0.1) is 0 Å². The maximum atomic E-state index is 12.0. The summed E-state index contributed by atoms with van der Waals surface area (Å²) in [5.41, 5.74) is 1.16. The number of carbonyl (C=O) groups is 2. The number of ketones is 1. The minimum atomic E-state index is -0.465. The Bertz CT molecular complexity index is 669. The molecule has 1 N–H and O–H groups in total. The Morgan fingerprint density at radius 3 is 2.30 bits per heavy atom. The van der Waals surface area contributed by atoms with Crippen molar-refractivity contribution in [3.8, 4) is 0 Å². The second kappa shape index (κ2) is 6.03. The molecule has 6 heteroatoms. The highest BCUT2D eigenvalue weighted by atomic mass is 35.5. The summed E-state index contributed by atoms with van der Waals surface area (Å²) in [7, 11) is 0. The molecular weight excluding hydrogens is 299 g/mol. The molecule has 1 aromatic heterocycles. The number of hydrogen-bond donors (Lipinski definition) is 1. The predicted octanol–water partition coefficient (Wildman–Crippen LogP) is 3.84. The van der Waals surface area contributed by atoms with Crippen molar-refractivity contribution in [1.29, 1.82) is 0 Å². The molecule has 0 aliphatic carbocycles. The van der Waals surface area contributed by atoms with E-state index in [4.69, 9.17) is 23.2 Å². The van der Waals surface area contributed by atoms with Gasteiger partial charge in [-0.1, -0.05) is 23.2 Å². The van der Waals surface area contributed by atoms with Crippen LogP contribution in [0.25, 0.3) is 0 Å². The summed E-state index contributed by atoms with van der Waals surface area (Å²) in [6.45, 7) is 1.48. The molecule has 0 spiro atoms. The van der Waals surface area contributed by atoms with Crippen LogP contribution in [0.4, 0.5) is 5.69 Å². The standard InChI is InChI=1S/C14H10Cl2N2O2/c1-8(19)9-2-4-10(5-3-9)17-14(20)13-11(15)6-7-12(16)18-13/h2-7H,1H3,(H,17,20). The number of aromatic nitrogens is 1. The van der Waals surface area contributed by atoms with E-state index in [1.54, 1.807) is 24.3 Å². The number of halogens is 2. The number of amides is 1. The highest BCUT2D eigenvalue weighted by Crippen LogP contribution is 2.18. The van der Waals surface area contributed by atoms with Crippen LogP contribution in [0, 0.1) is 0 Å². The van der Waals surface area contributed by atoms with E-state index in [0.717, 1.165) is 0 Å². The Labute approximate surface area is 125 Å². The second-order valence-corrected chi connectivity index (χ2v) is 4.85. The van der Waals surface area contributed by atoms with Gasteiger partial charge in [0.25, 0.3) is 5.91 Å². The molecule has 102 valence electrons. The Morgan fingerprint density at radius 2 is 1.70 bits per heavy atom. The van der Waals surface area contributed by atoms with E-state index in [1.807, 2.05) is 0 Å². The van der Waals surface area contributed by atoms with E-state index in [9.17, 15) is 9.59 Å². The van der Waals surface area contributed by atoms with Crippen molar-refractivity contribution in [1.82, 2.24) is 4.98 Å². The van der Waals surface area contributed by atoms with Gasteiger partial charge >= 0.3 is 0 Å². The molecule has 0 saturated heterocycles. The van der Waals surface area contributed by atoms with Crippen molar-refractivity contribution in [2.75, 3.05) is 5.32 Å². The summed E-state index contributed by atoms with van der Waals surface area (Å²) >= 11 is 11.6. The number of rotatable bonds is 3. The first-order chi connectivity index (χ1) is 9.47. The molecule has 1 amide bonds. The number of pyridine rings is 1. The summed E-state index contributed by atoms with van der Waals surface area (Å²) < 4.78 is 0. The fourth-order valence-corrected chi connectivity index (χ4v) is 1.89. The number of benzene rings is 1. The summed E-state index contributed by atoms with van der Waals surface area (Å²) in [5, 5.41) is 3.04. The lowest BCUT2D eigenvalue weighted by atomic mass is 10.1. The Kier molecular flexibility index (Phi) is 4.37. The molecule has 0 radical (unpaired) electrons. The van der Waals surface area contributed by atoms with E-state index >= 15 is 0 Å². The Balaban J connectivity index is 2.19. The van der Waals surface area contributed by atoms with Gasteiger partial charge in [-0.25, -0.2) is 4.98 Å². The van der Waals surface area contributed by atoms with E-state index in [1.165, 1.54) is 19.1 Å². The van der Waals surface area contributed by atoms with Gasteiger partial charge in [0.15, 0.2) is 5.78 Å². The van der Waals surface area contributed by atoms with Crippen molar-refractivity contribution in [3.63, 3.8) is 0 Å². The fraction of sp³-hybridized carbons (Fsp3) is 0.0714. The third-order valence-corrected chi connectivity index (χ3v) is 3.09. The van der Waals surface area contributed by atoms with Crippen molar-refractivity contribution in [3.05, 3.63) is 57.8 Å². The van der Waals surface area contributed by atoms with Crippen LogP contribution in [0.5, 0.6) is 0 Å². The summed E-state index contributed by atoms with van der Waals surface area (Å²) in [4.78, 5) is 27.1. The lowest BCUT2D eigenvalue weighted by Crippen LogP contribution is -2.14. The molecule has 0 bridgehead atoms. The van der Waals surface area contributed by atoms with Gasteiger partial charge in [0.05, 0.1) is 5.02 Å². The molecule has 20 heavy (non-hydrogen) atoms. The van der Waals surface area contributed by atoms with Crippen molar-refractivity contribution < 1.29 is 9.59 Å². The molecular formula is C14H10Cl2N2O2. The third kappa shape index (κ3) is 3.35. The van der Waals surface area contributed by atoms with Crippen LogP contribution in [-0.2, 0) is 0 Å². The lowest BCUT2D eigenvalue weighted by Gasteiger charge is -2.06. The van der Waals surface area contributed by atoms with Gasteiger partial charge in [0.1, 0.15) is 10.8 Å². The van der Waals surface area contributed by atoms with E-state index in [0.29, 0.717) is 11.3 Å². The molecule has 0 atom stereocenters. The predicted molar refractivity (Wildman–Crippen MR) is 78.7 cm³/mol. The molecule has 2 rings (SSSR count).